The van der Waals surface area contributed by atoms with Crippen LogP contribution < -0.4 is 10.7 Å². The van der Waals surface area contributed by atoms with Crippen molar-refractivity contribution in [2.45, 2.75) is 6.92 Å². The Morgan fingerprint density at radius 2 is 1.69 bits per heavy atom. The minimum absolute atomic E-state index is 0.0730. The molecular weight excluding hydrogens is 346 g/mol. The van der Waals surface area contributed by atoms with Gasteiger partial charge in [-0.2, -0.15) is 0 Å². The normalized spacial score (nSPS) is 10.8. The molecule has 0 saturated heterocycles. The molecule has 4 rings (SSSR count). The number of aryl methyl sites for hydroxylation is 1. The van der Waals surface area contributed by atoms with Gasteiger partial charge in [0.2, 0.25) is 0 Å². The molecule has 4 nitrogen and oxygen atoms in total. The van der Waals surface area contributed by atoms with E-state index in [0.717, 1.165) is 17.1 Å². The summed E-state index contributed by atoms with van der Waals surface area (Å²) in [6.45, 7) is 1.92. The number of hydrogen-bond donors (Lipinski definition) is 1. The minimum atomic E-state index is -0.0730. The van der Waals surface area contributed by atoms with Gasteiger partial charge in [-0.1, -0.05) is 29.8 Å². The summed E-state index contributed by atoms with van der Waals surface area (Å²) in [6, 6.07) is 22.5. The first-order valence-corrected chi connectivity index (χ1v) is 8.61. The molecule has 0 fully saturated rings. The predicted molar refractivity (Wildman–Crippen MR) is 107 cm³/mol. The first-order valence-electron chi connectivity index (χ1n) is 8.23. The molecule has 0 bridgehead atoms. The van der Waals surface area contributed by atoms with E-state index in [9.17, 15) is 4.79 Å². The molecule has 2 aromatic heterocycles. The number of anilines is 2. The van der Waals surface area contributed by atoms with Crippen LogP contribution >= 0.6 is 11.6 Å². The Labute approximate surface area is 155 Å². The minimum Gasteiger partial charge on any atom is -0.341 e. The number of halogens is 1. The van der Waals surface area contributed by atoms with E-state index in [2.05, 4.69) is 10.3 Å². The van der Waals surface area contributed by atoms with Gasteiger partial charge in [0.15, 0.2) is 5.43 Å². The van der Waals surface area contributed by atoms with E-state index in [-0.39, 0.29) is 5.43 Å². The second-order valence-corrected chi connectivity index (χ2v) is 6.46. The third-order valence-corrected chi connectivity index (χ3v) is 4.38. The van der Waals surface area contributed by atoms with Crippen LogP contribution in [-0.2, 0) is 0 Å². The summed E-state index contributed by atoms with van der Waals surface area (Å²) < 4.78 is 1.96. The van der Waals surface area contributed by atoms with Gasteiger partial charge in [-0.15, -0.1) is 0 Å². The van der Waals surface area contributed by atoms with Crippen molar-refractivity contribution in [2.24, 2.45) is 0 Å². The van der Waals surface area contributed by atoms with Crippen molar-refractivity contribution in [3.63, 3.8) is 0 Å². The number of fused-ring (bicyclic) bond motifs is 1. The lowest BCUT2D eigenvalue weighted by Crippen LogP contribution is -2.13. The number of nitrogens with zero attached hydrogens (tertiary/aromatic N) is 2. The number of benzene rings is 2. The van der Waals surface area contributed by atoms with Crippen molar-refractivity contribution in [3.05, 3.63) is 93.7 Å². The lowest BCUT2D eigenvalue weighted by Gasteiger charge is -2.18. The van der Waals surface area contributed by atoms with Crippen molar-refractivity contribution >= 4 is 34.1 Å². The summed E-state index contributed by atoms with van der Waals surface area (Å²) in [5.74, 6) is 0.647. The highest BCUT2D eigenvalue weighted by molar-refractivity contribution is 6.30. The molecule has 5 heteroatoms. The van der Waals surface area contributed by atoms with Crippen LogP contribution in [0.4, 0.5) is 11.5 Å². The fourth-order valence-corrected chi connectivity index (χ4v) is 3.02. The molecule has 0 aliphatic rings. The van der Waals surface area contributed by atoms with E-state index in [1.807, 2.05) is 66.1 Å². The summed E-state index contributed by atoms with van der Waals surface area (Å²) >= 11 is 5.97. The van der Waals surface area contributed by atoms with Crippen LogP contribution in [0.15, 0.2) is 77.6 Å². The zero-order valence-electron chi connectivity index (χ0n) is 14.1. The van der Waals surface area contributed by atoms with Gasteiger partial charge in [-0.3, -0.25) is 9.36 Å². The molecule has 0 saturated carbocycles. The van der Waals surface area contributed by atoms with E-state index in [1.165, 1.54) is 0 Å². The van der Waals surface area contributed by atoms with Crippen LogP contribution in [-0.4, -0.2) is 9.55 Å². The van der Waals surface area contributed by atoms with Gasteiger partial charge in [0.05, 0.1) is 5.39 Å². The molecule has 0 aliphatic heterocycles. The quantitative estimate of drug-likeness (QED) is 0.552. The molecule has 0 amide bonds. The van der Waals surface area contributed by atoms with Gasteiger partial charge >= 0.3 is 0 Å². The highest BCUT2D eigenvalue weighted by Crippen LogP contribution is 2.25. The fraction of sp³-hybridized carbons (Fsp3) is 0.0476. The molecule has 128 valence electrons. The Kier molecular flexibility index (Phi) is 4.19. The van der Waals surface area contributed by atoms with Crippen LogP contribution in [0.2, 0.25) is 5.02 Å². The van der Waals surface area contributed by atoms with Crippen molar-refractivity contribution in [1.29, 1.82) is 0 Å². The first kappa shape index (κ1) is 16.4. The fourth-order valence-electron chi connectivity index (χ4n) is 2.90. The van der Waals surface area contributed by atoms with Crippen molar-refractivity contribution < 1.29 is 0 Å². The Balaban J connectivity index is 1.99. The third kappa shape index (κ3) is 3.07. The molecule has 0 atom stereocenters. The van der Waals surface area contributed by atoms with Gasteiger partial charge in [0, 0.05) is 28.2 Å². The molecule has 0 aliphatic carbocycles. The van der Waals surface area contributed by atoms with E-state index in [4.69, 9.17) is 11.6 Å². The SMILES string of the molecule is Cc1ccc2c(=O)cc(Nc3ccc(Cl)cc3)n(-c3ccccc3)c2n1. The topological polar surface area (TPSA) is 46.9 Å². The Hall–Kier alpha value is -3.11. The Morgan fingerprint density at radius 1 is 0.962 bits per heavy atom. The highest BCUT2D eigenvalue weighted by Gasteiger charge is 2.12. The van der Waals surface area contributed by atoms with Crippen molar-refractivity contribution in [1.82, 2.24) is 9.55 Å². The standard InChI is InChI=1S/C21H16ClN3O/c1-14-7-12-18-19(26)13-20(24-16-10-8-15(22)9-11-16)25(21(18)23-14)17-5-3-2-4-6-17/h2-13,24H,1H3. The lowest BCUT2D eigenvalue weighted by atomic mass is 10.2. The average Bonchev–Trinajstić information content (AvgIpc) is 2.64. The maximum absolute atomic E-state index is 12.6. The largest absolute Gasteiger partial charge is 0.341 e. The molecule has 2 heterocycles. The van der Waals surface area contributed by atoms with Gasteiger partial charge in [-0.05, 0) is 55.5 Å². The monoisotopic (exact) mass is 361 g/mol. The van der Waals surface area contributed by atoms with Crippen LogP contribution in [0, 0.1) is 6.92 Å². The number of hydrogen-bond acceptors (Lipinski definition) is 3. The molecule has 1 N–H and O–H groups in total. The summed E-state index contributed by atoms with van der Waals surface area (Å²) in [6.07, 6.45) is 0. The summed E-state index contributed by atoms with van der Waals surface area (Å²) in [7, 11) is 0. The van der Waals surface area contributed by atoms with Gasteiger partial charge in [0.1, 0.15) is 11.5 Å². The number of rotatable bonds is 3. The zero-order valence-corrected chi connectivity index (χ0v) is 14.9. The number of nitrogens with one attached hydrogen (secondary N) is 1. The smallest absolute Gasteiger partial charge is 0.193 e. The van der Waals surface area contributed by atoms with Gasteiger partial charge < -0.3 is 5.32 Å². The summed E-state index contributed by atoms with van der Waals surface area (Å²) in [5, 5.41) is 4.56. The molecule has 0 unspecified atom stereocenters. The summed E-state index contributed by atoms with van der Waals surface area (Å²) in [5.41, 5.74) is 3.17. The van der Waals surface area contributed by atoms with E-state index >= 15 is 0 Å². The molecule has 0 radical (unpaired) electrons. The zero-order chi connectivity index (χ0) is 18.1. The molecule has 2 aromatic carbocycles. The van der Waals surface area contributed by atoms with Crippen LogP contribution in [0.5, 0.6) is 0 Å². The van der Waals surface area contributed by atoms with E-state index in [0.29, 0.717) is 21.9 Å². The maximum atomic E-state index is 12.6. The van der Waals surface area contributed by atoms with Gasteiger partial charge in [0.25, 0.3) is 0 Å². The average molecular weight is 362 g/mol. The molecule has 26 heavy (non-hydrogen) atoms. The first-order chi connectivity index (χ1) is 12.6. The van der Waals surface area contributed by atoms with E-state index < -0.39 is 0 Å². The second kappa shape index (κ2) is 6.65. The van der Waals surface area contributed by atoms with Crippen LogP contribution in [0.3, 0.4) is 0 Å². The van der Waals surface area contributed by atoms with Crippen LogP contribution in [0.1, 0.15) is 5.69 Å². The van der Waals surface area contributed by atoms with E-state index in [1.54, 1.807) is 18.2 Å². The maximum Gasteiger partial charge on any atom is 0.193 e. The lowest BCUT2D eigenvalue weighted by molar-refractivity contribution is 1.05. The summed E-state index contributed by atoms with van der Waals surface area (Å²) in [4.78, 5) is 17.3. The number of aromatic nitrogens is 2. The Morgan fingerprint density at radius 3 is 2.42 bits per heavy atom. The van der Waals surface area contributed by atoms with Crippen LogP contribution in [0.25, 0.3) is 16.7 Å². The molecule has 0 spiro atoms. The Bertz CT molecular complexity index is 1140. The molecular formula is C21H16ClN3O. The third-order valence-electron chi connectivity index (χ3n) is 4.13. The second-order valence-electron chi connectivity index (χ2n) is 6.02. The van der Waals surface area contributed by atoms with Crippen molar-refractivity contribution in [3.8, 4) is 5.69 Å². The highest BCUT2D eigenvalue weighted by atomic mass is 35.5. The number of para-hydroxylation sites is 1. The molecule has 4 aromatic rings. The number of pyridine rings is 2. The van der Waals surface area contributed by atoms with Gasteiger partial charge in [-0.25, -0.2) is 4.98 Å². The predicted octanol–water partition coefficient (Wildman–Crippen LogP) is 5.09. The van der Waals surface area contributed by atoms with Crippen molar-refractivity contribution in [2.75, 3.05) is 5.32 Å².